The molecule has 0 radical (unpaired) electrons. The second-order valence-corrected chi connectivity index (χ2v) is 6.08. The molecular formula is C16H26Cl2N4O. The van der Waals surface area contributed by atoms with Gasteiger partial charge in [0.1, 0.15) is 0 Å². The quantitative estimate of drug-likeness (QED) is 0.403. The smallest absolute Gasteiger partial charge is 0.191 e. The van der Waals surface area contributed by atoms with Gasteiger partial charge in [-0.25, -0.2) is 0 Å². The number of halogens is 2. The third-order valence-electron chi connectivity index (χ3n) is 3.37. The minimum absolute atomic E-state index is 0.601. The van der Waals surface area contributed by atoms with E-state index in [0.717, 1.165) is 44.2 Å². The van der Waals surface area contributed by atoms with Crippen LogP contribution in [0.5, 0.6) is 0 Å². The molecule has 0 heterocycles. The van der Waals surface area contributed by atoms with Crippen molar-refractivity contribution in [1.82, 2.24) is 15.5 Å². The van der Waals surface area contributed by atoms with Gasteiger partial charge in [0.15, 0.2) is 5.96 Å². The molecule has 7 heteroatoms. The number of aliphatic imine (C=N–C) groups is 1. The molecule has 0 aromatic heterocycles. The van der Waals surface area contributed by atoms with Crippen molar-refractivity contribution in [2.75, 3.05) is 47.4 Å². The predicted molar refractivity (Wildman–Crippen MR) is 98.7 cm³/mol. The molecule has 1 rings (SSSR count). The second kappa shape index (κ2) is 11.5. The number of rotatable bonds is 9. The highest BCUT2D eigenvalue weighted by Gasteiger charge is 2.03. The van der Waals surface area contributed by atoms with Crippen LogP contribution in [0.3, 0.4) is 0 Å². The molecule has 0 aliphatic rings. The fourth-order valence-corrected chi connectivity index (χ4v) is 2.45. The highest BCUT2D eigenvalue weighted by atomic mass is 35.5. The van der Waals surface area contributed by atoms with Crippen LogP contribution in [0.25, 0.3) is 0 Å². The number of guanidine groups is 1. The normalized spacial score (nSPS) is 11.8. The van der Waals surface area contributed by atoms with Gasteiger partial charge in [0.2, 0.25) is 0 Å². The van der Waals surface area contributed by atoms with E-state index < -0.39 is 0 Å². The molecule has 0 bridgehead atoms. The van der Waals surface area contributed by atoms with E-state index in [1.165, 1.54) is 0 Å². The predicted octanol–water partition coefficient (Wildman–Crippen LogP) is 2.63. The minimum atomic E-state index is 0.601. The van der Waals surface area contributed by atoms with Crippen molar-refractivity contribution in [3.63, 3.8) is 0 Å². The monoisotopic (exact) mass is 360 g/mol. The summed E-state index contributed by atoms with van der Waals surface area (Å²) < 4.78 is 5.06. The van der Waals surface area contributed by atoms with Crippen molar-refractivity contribution in [2.24, 2.45) is 4.99 Å². The standard InChI is InChI=1S/C16H26Cl2N4O/c1-19-16(20-7-4-8-22(2)9-10-23-3)21-12-13-5-6-14(17)11-15(13)18/h5-6,11H,4,7-10,12H2,1-3H3,(H2,19,20,21). The van der Waals surface area contributed by atoms with Gasteiger partial charge in [0.25, 0.3) is 0 Å². The van der Waals surface area contributed by atoms with Crippen LogP contribution >= 0.6 is 23.2 Å². The highest BCUT2D eigenvalue weighted by Crippen LogP contribution is 2.20. The van der Waals surface area contributed by atoms with Gasteiger partial charge in [-0.2, -0.15) is 0 Å². The van der Waals surface area contributed by atoms with Gasteiger partial charge in [-0.1, -0.05) is 29.3 Å². The van der Waals surface area contributed by atoms with Gasteiger partial charge in [0.05, 0.1) is 6.61 Å². The molecule has 0 spiro atoms. The largest absolute Gasteiger partial charge is 0.383 e. The summed E-state index contributed by atoms with van der Waals surface area (Å²) in [6.45, 7) is 4.17. The van der Waals surface area contributed by atoms with Crippen molar-refractivity contribution < 1.29 is 4.74 Å². The molecule has 0 aliphatic carbocycles. The molecule has 0 saturated heterocycles. The van der Waals surface area contributed by atoms with Crippen molar-refractivity contribution in [2.45, 2.75) is 13.0 Å². The van der Waals surface area contributed by atoms with E-state index in [0.29, 0.717) is 16.6 Å². The Morgan fingerprint density at radius 1 is 1.26 bits per heavy atom. The molecule has 130 valence electrons. The maximum Gasteiger partial charge on any atom is 0.191 e. The molecule has 0 unspecified atom stereocenters. The van der Waals surface area contributed by atoms with E-state index in [2.05, 4.69) is 27.6 Å². The fraction of sp³-hybridized carbons (Fsp3) is 0.562. The Labute approximate surface area is 149 Å². The maximum absolute atomic E-state index is 6.16. The van der Waals surface area contributed by atoms with Gasteiger partial charge < -0.3 is 20.3 Å². The number of benzene rings is 1. The molecule has 1 aromatic rings. The van der Waals surface area contributed by atoms with Crippen molar-refractivity contribution in [3.8, 4) is 0 Å². The zero-order chi connectivity index (χ0) is 17.1. The minimum Gasteiger partial charge on any atom is -0.383 e. The van der Waals surface area contributed by atoms with Gasteiger partial charge in [0, 0.05) is 43.8 Å². The Hall–Kier alpha value is -1.01. The highest BCUT2D eigenvalue weighted by molar-refractivity contribution is 6.35. The van der Waals surface area contributed by atoms with E-state index in [1.807, 2.05) is 12.1 Å². The number of methoxy groups -OCH3 is 1. The maximum atomic E-state index is 6.16. The first-order chi connectivity index (χ1) is 11.1. The molecule has 2 N–H and O–H groups in total. The van der Waals surface area contributed by atoms with Crippen LogP contribution in [-0.4, -0.2) is 58.3 Å². The van der Waals surface area contributed by atoms with Crippen LogP contribution < -0.4 is 10.6 Å². The first-order valence-electron chi connectivity index (χ1n) is 7.62. The van der Waals surface area contributed by atoms with E-state index >= 15 is 0 Å². The number of nitrogens with one attached hydrogen (secondary N) is 2. The molecule has 0 atom stereocenters. The van der Waals surface area contributed by atoms with Crippen LogP contribution in [-0.2, 0) is 11.3 Å². The van der Waals surface area contributed by atoms with Crippen molar-refractivity contribution in [1.29, 1.82) is 0 Å². The zero-order valence-corrected chi connectivity index (χ0v) is 15.5. The van der Waals surface area contributed by atoms with Crippen LogP contribution in [0.4, 0.5) is 0 Å². The molecule has 0 saturated carbocycles. The average Bonchev–Trinajstić information content (AvgIpc) is 2.53. The average molecular weight is 361 g/mol. The number of likely N-dealkylation sites (N-methyl/N-ethyl adjacent to an activating group) is 1. The second-order valence-electron chi connectivity index (χ2n) is 5.24. The number of ether oxygens (including phenoxy) is 1. The summed E-state index contributed by atoms with van der Waals surface area (Å²) in [5, 5.41) is 7.83. The molecular weight excluding hydrogens is 335 g/mol. The van der Waals surface area contributed by atoms with Gasteiger partial charge in [-0.05, 0) is 37.7 Å². The molecule has 0 fully saturated rings. The van der Waals surface area contributed by atoms with E-state index in [1.54, 1.807) is 20.2 Å². The lowest BCUT2D eigenvalue weighted by Gasteiger charge is -2.17. The SMILES string of the molecule is CN=C(NCCCN(C)CCOC)NCc1ccc(Cl)cc1Cl. The zero-order valence-electron chi connectivity index (χ0n) is 14.0. The summed E-state index contributed by atoms with van der Waals surface area (Å²) >= 11 is 12.1. The molecule has 0 amide bonds. The van der Waals surface area contributed by atoms with E-state index in [4.69, 9.17) is 27.9 Å². The summed E-state index contributed by atoms with van der Waals surface area (Å²) in [6.07, 6.45) is 1.03. The molecule has 5 nitrogen and oxygen atoms in total. The molecule has 1 aromatic carbocycles. The third kappa shape index (κ3) is 8.42. The van der Waals surface area contributed by atoms with Gasteiger partial charge >= 0.3 is 0 Å². The lowest BCUT2D eigenvalue weighted by Crippen LogP contribution is -2.38. The van der Waals surface area contributed by atoms with Crippen molar-refractivity contribution >= 4 is 29.2 Å². The summed E-state index contributed by atoms with van der Waals surface area (Å²) in [5.41, 5.74) is 0.985. The Bertz CT molecular complexity index is 497. The van der Waals surface area contributed by atoms with Gasteiger partial charge in [-0.3, -0.25) is 4.99 Å². The Kier molecular flexibility index (Phi) is 10.0. The number of hydrogen-bond donors (Lipinski definition) is 2. The topological polar surface area (TPSA) is 48.9 Å². The van der Waals surface area contributed by atoms with Crippen LogP contribution in [0.1, 0.15) is 12.0 Å². The lowest BCUT2D eigenvalue weighted by atomic mass is 10.2. The van der Waals surface area contributed by atoms with E-state index in [-0.39, 0.29) is 0 Å². The summed E-state index contributed by atoms with van der Waals surface area (Å²) in [6, 6.07) is 5.48. The fourth-order valence-electron chi connectivity index (χ4n) is 1.98. The van der Waals surface area contributed by atoms with Crippen LogP contribution in [0, 0.1) is 0 Å². The number of hydrogen-bond acceptors (Lipinski definition) is 3. The molecule has 0 aliphatic heterocycles. The Balaban J connectivity index is 2.27. The van der Waals surface area contributed by atoms with E-state index in [9.17, 15) is 0 Å². The van der Waals surface area contributed by atoms with Gasteiger partial charge in [-0.15, -0.1) is 0 Å². The van der Waals surface area contributed by atoms with Crippen LogP contribution in [0.15, 0.2) is 23.2 Å². The summed E-state index contributed by atoms with van der Waals surface area (Å²) in [5.74, 6) is 0.760. The van der Waals surface area contributed by atoms with Crippen LogP contribution in [0.2, 0.25) is 10.0 Å². The lowest BCUT2D eigenvalue weighted by molar-refractivity contribution is 0.161. The summed E-state index contributed by atoms with van der Waals surface area (Å²) in [7, 11) is 5.57. The van der Waals surface area contributed by atoms with Crippen molar-refractivity contribution in [3.05, 3.63) is 33.8 Å². The molecule has 23 heavy (non-hydrogen) atoms. The summed E-state index contributed by atoms with van der Waals surface area (Å²) in [4.78, 5) is 6.45. The number of nitrogens with zero attached hydrogens (tertiary/aromatic N) is 2. The first kappa shape index (κ1) is 20.0. The third-order valence-corrected chi connectivity index (χ3v) is 3.96. The Morgan fingerprint density at radius 3 is 2.70 bits per heavy atom. The first-order valence-corrected chi connectivity index (χ1v) is 8.38. The Morgan fingerprint density at radius 2 is 2.04 bits per heavy atom.